The minimum atomic E-state index is -3.80. The predicted octanol–water partition coefficient (Wildman–Crippen LogP) is 3.57. The van der Waals surface area contributed by atoms with Gasteiger partial charge in [-0.2, -0.15) is 5.26 Å². The Kier molecular flexibility index (Phi) is 4.30. The van der Waals surface area contributed by atoms with Gasteiger partial charge >= 0.3 is 0 Å². The van der Waals surface area contributed by atoms with Crippen LogP contribution in [0.2, 0.25) is 0 Å². The second-order valence-corrected chi connectivity index (χ2v) is 6.83. The molecule has 0 aromatic heterocycles. The summed E-state index contributed by atoms with van der Waals surface area (Å²) in [4.78, 5) is 0.0712. The van der Waals surface area contributed by atoms with Crippen LogP contribution >= 0.6 is 15.9 Å². The Hall–Kier alpha value is -1.91. The number of nitrogens with one attached hydrogen (secondary N) is 1. The highest BCUT2D eigenvalue weighted by molar-refractivity contribution is 9.10. The van der Waals surface area contributed by atoms with Gasteiger partial charge in [0.2, 0.25) is 0 Å². The first kappa shape index (κ1) is 15.5. The molecule has 1 N–H and O–H groups in total. The highest BCUT2D eigenvalue weighted by atomic mass is 79.9. The number of aryl methyl sites for hydroxylation is 1. The molecule has 0 heterocycles. The van der Waals surface area contributed by atoms with Crippen molar-refractivity contribution in [1.29, 1.82) is 5.26 Å². The third-order valence-corrected chi connectivity index (χ3v) is 4.91. The molecular formula is C14H10BrFN2O2S. The molecule has 0 bridgehead atoms. The van der Waals surface area contributed by atoms with E-state index in [2.05, 4.69) is 20.7 Å². The van der Waals surface area contributed by atoms with Gasteiger partial charge in [-0.25, -0.2) is 12.8 Å². The van der Waals surface area contributed by atoms with Crippen molar-refractivity contribution >= 4 is 31.6 Å². The minimum Gasteiger partial charge on any atom is -0.280 e. The maximum Gasteiger partial charge on any atom is 0.262 e. The molecule has 7 heteroatoms. The van der Waals surface area contributed by atoms with Crippen molar-refractivity contribution in [1.82, 2.24) is 0 Å². The van der Waals surface area contributed by atoms with Crippen LogP contribution in [-0.2, 0) is 10.0 Å². The lowest BCUT2D eigenvalue weighted by atomic mass is 10.2. The fourth-order valence-corrected chi connectivity index (χ4v) is 3.45. The van der Waals surface area contributed by atoms with Crippen molar-refractivity contribution in [2.75, 3.05) is 4.72 Å². The summed E-state index contributed by atoms with van der Waals surface area (Å²) in [7, 11) is -3.80. The van der Waals surface area contributed by atoms with Gasteiger partial charge in [0, 0.05) is 0 Å². The zero-order valence-electron chi connectivity index (χ0n) is 10.9. The van der Waals surface area contributed by atoms with Crippen LogP contribution in [0.3, 0.4) is 0 Å². The SMILES string of the molecule is Cc1cc(C#N)ccc1S(=O)(=O)Nc1ccc(F)c(Br)c1. The van der Waals surface area contributed by atoms with Crippen molar-refractivity contribution in [2.24, 2.45) is 0 Å². The molecule has 2 aromatic carbocycles. The van der Waals surface area contributed by atoms with Crippen LogP contribution < -0.4 is 4.72 Å². The van der Waals surface area contributed by atoms with Gasteiger partial charge in [0.05, 0.1) is 26.7 Å². The zero-order chi connectivity index (χ0) is 15.6. The summed E-state index contributed by atoms with van der Waals surface area (Å²) in [5.41, 5.74) is 1.09. The van der Waals surface area contributed by atoms with Crippen molar-refractivity contribution < 1.29 is 12.8 Å². The van der Waals surface area contributed by atoms with E-state index in [1.54, 1.807) is 6.92 Å². The quantitative estimate of drug-likeness (QED) is 0.899. The Bertz CT molecular complexity index is 845. The summed E-state index contributed by atoms with van der Waals surface area (Å²) in [5, 5.41) is 8.79. The lowest BCUT2D eigenvalue weighted by Gasteiger charge is -2.11. The highest BCUT2D eigenvalue weighted by Gasteiger charge is 2.17. The third-order valence-electron chi connectivity index (χ3n) is 2.77. The van der Waals surface area contributed by atoms with Crippen LogP contribution in [0.15, 0.2) is 45.8 Å². The summed E-state index contributed by atoms with van der Waals surface area (Å²) >= 11 is 3.00. The Morgan fingerprint density at radius 2 is 1.95 bits per heavy atom. The number of rotatable bonds is 3. The highest BCUT2D eigenvalue weighted by Crippen LogP contribution is 2.24. The molecule has 2 rings (SSSR count). The van der Waals surface area contributed by atoms with Gasteiger partial charge in [-0.05, 0) is 64.8 Å². The maximum absolute atomic E-state index is 13.1. The third kappa shape index (κ3) is 3.40. The lowest BCUT2D eigenvalue weighted by molar-refractivity contribution is 0.600. The van der Waals surface area contributed by atoms with Crippen LogP contribution in [-0.4, -0.2) is 8.42 Å². The van der Waals surface area contributed by atoms with E-state index in [1.165, 1.54) is 30.3 Å². The van der Waals surface area contributed by atoms with Gasteiger partial charge in [-0.15, -0.1) is 0 Å². The van der Waals surface area contributed by atoms with Gasteiger partial charge in [0.25, 0.3) is 10.0 Å². The Morgan fingerprint density at radius 1 is 1.24 bits per heavy atom. The summed E-state index contributed by atoms with van der Waals surface area (Å²) < 4.78 is 40.3. The second kappa shape index (κ2) is 5.84. The molecule has 0 radical (unpaired) electrons. The van der Waals surface area contributed by atoms with E-state index in [4.69, 9.17) is 5.26 Å². The number of anilines is 1. The van der Waals surface area contributed by atoms with E-state index in [0.29, 0.717) is 11.1 Å². The predicted molar refractivity (Wildman–Crippen MR) is 80.8 cm³/mol. The number of nitriles is 1. The molecule has 0 amide bonds. The first-order valence-electron chi connectivity index (χ1n) is 5.82. The monoisotopic (exact) mass is 368 g/mol. The fourth-order valence-electron chi connectivity index (χ4n) is 1.79. The van der Waals surface area contributed by atoms with Crippen LogP contribution in [0.5, 0.6) is 0 Å². The smallest absolute Gasteiger partial charge is 0.262 e. The summed E-state index contributed by atoms with van der Waals surface area (Å²) in [6, 6.07) is 10.1. The topological polar surface area (TPSA) is 70.0 Å². The molecule has 21 heavy (non-hydrogen) atoms. The lowest BCUT2D eigenvalue weighted by Crippen LogP contribution is -2.14. The molecule has 0 aliphatic carbocycles. The van der Waals surface area contributed by atoms with E-state index in [0.717, 1.165) is 6.07 Å². The number of halogens is 2. The number of hydrogen-bond acceptors (Lipinski definition) is 3. The van der Waals surface area contributed by atoms with Crippen molar-refractivity contribution in [2.45, 2.75) is 11.8 Å². The molecule has 0 spiro atoms. The van der Waals surface area contributed by atoms with Crippen LogP contribution in [0.4, 0.5) is 10.1 Å². The van der Waals surface area contributed by atoms with E-state index in [-0.39, 0.29) is 15.1 Å². The van der Waals surface area contributed by atoms with Crippen LogP contribution in [0.25, 0.3) is 0 Å². The second-order valence-electron chi connectivity index (χ2n) is 4.33. The van der Waals surface area contributed by atoms with Gasteiger partial charge in [-0.1, -0.05) is 0 Å². The van der Waals surface area contributed by atoms with Crippen molar-refractivity contribution in [3.05, 3.63) is 57.8 Å². The number of nitrogens with zero attached hydrogens (tertiary/aromatic N) is 1. The number of hydrogen-bond donors (Lipinski definition) is 1. The Labute approximate surface area is 130 Å². The molecule has 0 unspecified atom stereocenters. The van der Waals surface area contributed by atoms with Crippen molar-refractivity contribution in [3.8, 4) is 6.07 Å². The van der Waals surface area contributed by atoms with Crippen LogP contribution in [0, 0.1) is 24.1 Å². The van der Waals surface area contributed by atoms with E-state index in [1.807, 2.05) is 6.07 Å². The average molecular weight is 369 g/mol. The van der Waals surface area contributed by atoms with Gasteiger partial charge in [0.15, 0.2) is 0 Å². The minimum absolute atomic E-state index is 0.0712. The average Bonchev–Trinajstić information content (AvgIpc) is 2.42. The van der Waals surface area contributed by atoms with Gasteiger partial charge in [-0.3, -0.25) is 4.72 Å². The molecule has 108 valence electrons. The van der Waals surface area contributed by atoms with Crippen LogP contribution in [0.1, 0.15) is 11.1 Å². The Morgan fingerprint density at radius 3 is 2.52 bits per heavy atom. The molecule has 0 aliphatic heterocycles. The summed E-state index contributed by atoms with van der Waals surface area (Å²) in [5.74, 6) is -0.479. The van der Waals surface area contributed by atoms with Crippen molar-refractivity contribution in [3.63, 3.8) is 0 Å². The molecule has 0 saturated heterocycles. The van der Waals surface area contributed by atoms with E-state index in [9.17, 15) is 12.8 Å². The number of benzene rings is 2. The van der Waals surface area contributed by atoms with Gasteiger partial charge in [0.1, 0.15) is 5.82 Å². The Balaban J connectivity index is 2.38. The standard InChI is InChI=1S/C14H10BrFN2O2S/c1-9-6-10(8-17)2-5-14(9)21(19,20)18-11-3-4-13(16)12(15)7-11/h2-7,18H,1H3. The number of sulfonamides is 1. The summed E-state index contributed by atoms with van der Waals surface area (Å²) in [6.45, 7) is 1.61. The largest absolute Gasteiger partial charge is 0.280 e. The molecule has 0 saturated carbocycles. The molecule has 0 atom stereocenters. The summed E-state index contributed by atoms with van der Waals surface area (Å²) in [6.07, 6.45) is 0. The maximum atomic E-state index is 13.1. The fraction of sp³-hybridized carbons (Fsp3) is 0.0714. The van der Waals surface area contributed by atoms with E-state index < -0.39 is 15.8 Å². The molecule has 2 aromatic rings. The first-order chi connectivity index (χ1) is 9.83. The first-order valence-corrected chi connectivity index (χ1v) is 8.10. The normalized spacial score (nSPS) is 11.0. The van der Waals surface area contributed by atoms with E-state index >= 15 is 0 Å². The zero-order valence-corrected chi connectivity index (χ0v) is 13.3. The van der Waals surface area contributed by atoms with Gasteiger partial charge < -0.3 is 0 Å². The molecular weight excluding hydrogens is 359 g/mol. The molecule has 0 aliphatic rings. The molecule has 0 fully saturated rings. The molecule has 4 nitrogen and oxygen atoms in total.